The van der Waals surface area contributed by atoms with E-state index >= 15 is 0 Å². The number of anilines is 1. The molecule has 0 unspecified atom stereocenters. The van der Waals surface area contributed by atoms with Crippen molar-refractivity contribution in [2.24, 2.45) is 0 Å². The summed E-state index contributed by atoms with van der Waals surface area (Å²) in [5.41, 5.74) is 9.51. The zero-order valence-corrected chi connectivity index (χ0v) is 9.79. The highest BCUT2D eigenvalue weighted by Crippen LogP contribution is 2.22. The van der Waals surface area contributed by atoms with E-state index in [1.807, 2.05) is 20.8 Å². The first-order chi connectivity index (χ1) is 7.63. The Kier molecular flexibility index (Phi) is 2.78. The highest BCUT2D eigenvalue weighted by atomic mass is 16.5. The largest absolute Gasteiger partial charge is 0.382 e. The summed E-state index contributed by atoms with van der Waals surface area (Å²) in [6.07, 6.45) is 0. The van der Waals surface area contributed by atoms with Crippen LogP contribution in [0.1, 0.15) is 24.0 Å². The molecule has 5 nitrogen and oxygen atoms in total. The highest BCUT2D eigenvalue weighted by Gasteiger charge is 2.11. The third kappa shape index (κ3) is 1.74. The molecule has 2 aromatic rings. The first kappa shape index (κ1) is 10.9. The Morgan fingerprint density at radius 1 is 1.31 bits per heavy atom. The molecule has 16 heavy (non-hydrogen) atoms. The summed E-state index contributed by atoms with van der Waals surface area (Å²) in [5, 5.41) is 0. The van der Waals surface area contributed by atoms with Crippen molar-refractivity contribution in [2.75, 3.05) is 12.3 Å². The maximum Gasteiger partial charge on any atom is 0.149 e. The fraction of sp³-hybridized carbons (Fsp3) is 0.455. The Labute approximate surface area is 94.0 Å². The lowest BCUT2D eigenvalue weighted by atomic mass is 10.2. The van der Waals surface area contributed by atoms with Gasteiger partial charge in [-0.05, 0) is 26.3 Å². The van der Waals surface area contributed by atoms with Gasteiger partial charge in [0.1, 0.15) is 23.8 Å². The molecule has 2 heterocycles. The first-order valence-electron chi connectivity index (χ1n) is 5.32. The molecule has 2 rings (SSSR count). The van der Waals surface area contributed by atoms with Crippen molar-refractivity contribution in [2.45, 2.75) is 27.4 Å². The molecule has 0 bridgehead atoms. The van der Waals surface area contributed by atoms with Gasteiger partial charge in [0.2, 0.25) is 0 Å². The zero-order valence-electron chi connectivity index (χ0n) is 9.79. The van der Waals surface area contributed by atoms with Crippen molar-refractivity contribution < 1.29 is 4.74 Å². The van der Waals surface area contributed by atoms with Crippen LogP contribution in [0.5, 0.6) is 0 Å². The van der Waals surface area contributed by atoms with E-state index in [4.69, 9.17) is 10.5 Å². The predicted molar refractivity (Wildman–Crippen MR) is 63.1 cm³/mol. The van der Waals surface area contributed by atoms with Crippen LogP contribution in [-0.2, 0) is 11.3 Å². The van der Waals surface area contributed by atoms with Gasteiger partial charge in [0.05, 0.1) is 5.52 Å². The number of nitrogens with one attached hydrogen (secondary N) is 1. The number of nitrogens with two attached hydrogens (primary N) is 1. The van der Waals surface area contributed by atoms with Crippen LogP contribution in [0.3, 0.4) is 0 Å². The molecule has 0 atom stereocenters. The Morgan fingerprint density at radius 3 is 2.75 bits per heavy atom. The van der Waals surface area contributed by atoms with Gasteiger partial charge in [-0.2, -0.15) is 0 Å². The van der Waals surface area contributed by atoms with Gasteiger partial charge in [-0.1, -0.05) is 0 Å². The Hall–Kier alpha value is -1.62. The number of ether oxygens (including phenoxy) is 1. The molecule has 0 fully saturated rings. The van der Waals surface area contributed by atoms with E-state index in [1.165, 1.54) is 0 Å². The van der Waals surface area contributed by atoms with Gasteiger partial charge in [-0.15, -0.1) is 0 Å². The third-order valence-corrected chi connectivity index (χ3v) is 2.64. The second-order valence-electron chi connectivity index (χ2n) is 3.75. The maximum absolute atomic E-state index is 5.84. The lowest BCUT2D eigenvalue weighted by molar-refractivity contribution is 0.129. The van der Waals surface area contributed by atoms with Gasteiger partial charge < -0.3 is 15.5 Å². The number of hydrogen-bond acceptors (Lipinski definition) is 4. The molecule has 0 spiro atoms. The molecule has 2 aromatic heterocycles. The molecule has 0 aliphatic heterocycles. The summed E-state index contributed by atoms with van der Waals surface area (Å²) in [6.45, 7) is 7.03. The van der Waals surface area contributed by atoms with Gasteiger partial charge in [-0.3, -0.25) is 0 Å². The number of rotatable bonds is 3. The van der Waals surface area contributed by atoms with Crippen LogP contribution in [-0.4, -0.2) is 21.6 Å². The minimum Gasteiger partial charge on any atom is -0.382 e. The number of hydrogen-bond donors (Lipinski definition) is 2. The fourth-order valence-electron chi connectivity index (χ4n) is 1.64. The first-order valence-corrected chi connectivity index (χ1v) is 5.32. The summed E-state index contributed by atoms with van der Waals surface area (Å²) >= 11 is 0. The second-order valence-corrected chi connectivity index (χ2v) is 3.75. The Balaban J connectivity index is 2.52. The van der Waals surface area contributed by atoms with Crippen molar-refractivity contribution in [1.29, 1.82) is 0 Å². The molecule has 86 valence electrons. The van der Waals surface area contributed by atoms with Crippen LogP contribution in [0.25, 0.3) is 11.0 Å². The van der Waals surface area contributed by atoms with Gasteiger partial charge in [0.15, 0.2) is 0 Å². The van der Waals surface area contributed by atoms with Gasteiger partial charge >= 0.3 is 0 Å². The smallest absolute Gasteiger partial charge is 0.149 e. The average Bonchev–Trinajstić information content (AvgIpc) is 2.68. The number of fused-ring (bicyclic) bond motifs is 1. The average molecular weight is 220 g/mol. The summed E-state index contributed by atoms with van der Waals surface area (Å²) in [6, 6.07) is 0. The maximum atomic E-state index is 5.84. The van der Waals surface area contributed by atoms with Crippen molar-refractivity contribution in [3.05, 3.63) is 17.1 Å². The second kappa shape index (κ2) is 4.09. The third-order valence-electron chi connectivity index (χ3n) is 2.64. The fourth-order valence-corrected chi connectivity index (χ4v) is 1.64. The van der Waals surface area contributed by atoms with E-state index < -0.39 is 0 Å². The van der Waals surface area contributed by atoms with Crippen molar-refractivity contribution >= 4 is 16.9 Å². The SMILES string of the molecule is CCOCc1nc2c(C)c(C)nc(N)c2[nH]1. The summed E-state index contributed by atoms with van der Waals surface area (Å²) in [4.78, 5) is 11.9. The molecule has 0 saturated heterocycles. The molecule has 0 saturated carbocycles. The standard InChI is InChI=1S/C11H16N4O/c1-4-16-5-8-14-9-6(2)7(3)13-11(12)10(9)15-8/h4-5H2,1-3H3,(H2,12,13)(H,14,15). The summed E-state index contributed by atoms with van der Waals surface area (Å²) < 4.78 is 5.30. The van der Waals surface area contributed by atoms with E-state index in [0.29, 0.717) is 19.0 Å². The number of nitrogen functional groups attached to an aromatic ring is 1. The minimum absolute atomic E-state index is 0.475. The number of aromatic nitrogens is 3. The van der Waals surface area contributed by atoms with Crippen molar-refractivity contribution in [3.63, 3.8) is 0 Å². The van der Waals surface area contributed by atoms with Gasteiger partial charge in [-0.25, -0.2) is 9.97 Å². The Bertz CT molecular complexity index is 518. The molecule has 0 radical (unpaired) electrons. The Morgan fingerprint density at radius 2 is 2.06 bits per heavy atom. The van der Waals surface area contributed by atoms with Crippen LogP contribution < -0.4 is 5.73 Å². The molecular formula is C11H16N4O. The number of imidazole rings is 1. The molecule has 0 amide bonds. The lowest BCUT2D eigenvalue weighted by Crippen LogP contribution is -1.96. The summed E-state index contributed by atoms with van der Waals surface area (Å²) in [7, 11) is 0. The van der Waals surface area contributed by atoms with Crippen molar-refractivity contribution in [3.8, 4) is 0 Å². The lowest BCUT2D eigenvalue weighted by Gasteiger charge is -2.01. The number of pyridine rings is 1. The van der Waals surface area contributed by atoms with Crippen LogP contribution in [0, 0.1) is 13.8 Å². The van der Waals surface area contributed by atoms with Gasteiger partial charge in [0.25, 0.3) is 0 Å². The van der Waals surface area contributed by atoms with Crippen LogP contribution >= 0.6 is 0 Å². The van der Waals surface area contributed by atoms with E-state index in [9.17, 15) is 0 Å². The zero-order chi connectivity index (χ0) is 11.7. The topological polar surface area (TPSA) is 76.8 Å². The van der Waals surface area contributed by atoms with Crippen LogP contribution in [0.4, 0.5) is 5.82 Å². The van der Waals surface area contributed by atoms with E-state index in [0.717, 1.165) is 28.1 Å². The molecule has 5 heteroatoms. The number of H-pyrrole nitrogens is 1. The molecule has 0 aromatic carbocycles. The number of aryl methyl sites for hydroxylation is 2. The molecule has 3 N–H and O–H groups in total. The molecule has 0 aliphatic carbocycles. The van der Waals surface area contributed by atoms with Crippen LogP contribution in [0.2, 0.25) is 0 Å². The quantitative estimate of drug-likeness (QED) is 0.825. The monoisotopic (exact) mass is 220 g/mol. The number of aromatic amines is 1. The van der Waals surface area contributed by atoms with Crippen molar-refractivity contribution in [1.82, 2.24) is 15.0 Å². The normalized spacial score (nSPS) is 11.2. The molecule has 0 aliphatic rings. The molecular weight excluding hydrogens is 204 g/mol. The minimum atomic E-state index is 0.475. The van der Waals surface area contributed by atoms with Crippen LogP contribution in [0.15, 0.2) is 0 Å². The van der Waals surface area contributed by atoms with E-state index in [2.05, 4.69) is 15.0 Å². The highest BCUT2D eigenvalue weighted by molar-refractivity contribution is 5.87. The number of nitrogens with zero attached hydrogens (tertiary/aromatic N) is 2. The van der Waals surface area contributed by atoms with E-state index in [1.54, 1.807) is 0 Å². The predicted octanol–water partition coefficient (Wildman–Crippen LogP) is 1.69. The summed E-state index contributed by atoms with van der Waals surface area (Å²) in [5.74, 6) is 1.28. The van der Waals surface area contributed by atoms with Gasteiger partial charge in [0, 0.05) is 12.3 Å². The van der Waals surface area contributed by atoms with E-state index in [-0.39, 0.29) is 0 Å².